The molecular weight excluding hydrogens is 194 g/mol. The molecule has 0 aromatic rings. The molecule has 0 aromatic heterocycles. The van der Waals surface area contributed by atoms with Crippen molar-refractivity contribution < 1.29 is 0 Å². The summed E-state index contributed by atoms with van der Waals surface area (Å²) in [5, 5.41) is 3.60. The van der Waals surface area contributed by atoms with E-state index in [1.807, 2.05) is 0 Å². The average molecular weight is 225 g/mol. The van der Waals surface area contributed by atoms with Gasteiger partial charge in [0.05, 0.1) is 0 Å². The van der Waals surface area contributed by atoms with Crippen LogP contribution in [-0.4, -0.2) is 12.6 Å². The first-order valence-corrected chi connectivity index (χ1v) is 7.18. The Kier molecular flexibility index (Phi) is 5.30. The molecule has 0 aliphatic heterocycles. The first-order valence-electron chi connectivity index (χ1n) is 7.18. The van der Waals surface area contributed by atoms with Crippen LogP contribution in [0.2, 0.25) is 0 Å². The topological polar surface area (TPSA) is 12.0 Å². The van der Waals surface area contributed by atoms with Gasteiger partial charge in [0.15, 0.2) is 0 Å². The van der Waals surface area contributed by atoms with Crippen LogP contribution >= 0.6 is 0 Å². The van der Waals surface area contributed by atoms with Gasteiger partial charge in [0.2, 0.25) is 0 Å². The highest BCUT2D eigenvalue weighted by atomic mass is 14.9. The molecule has 1 aliphatic carbocycles. The predicted octanol–water partition coefficient (Wildman–Crippen LogP) is 4.23. The average Bonchev–Trinajstić information content (AvgIpc) is 2.41. The van der Waals surface area contributed by atoms with Gasteiger partial charge in [0.25, 0.3) is 0 Å². The molecule has 0 spiro atoms. The van der Waals surface area contributed by atoms with Crippen molar-refractivity contribution in [3.8, 4) is 0 Å². The molecule has 1 N–H and O–H groups in total. The van der Waals surface area contributed by atoms with Crippen LogP contribution in [0.1, 0.15) is 66.7 Å². The molecular formula is C15H31N. The molecule has 1 rings (SSSR count). The summed E-state index contributed by atoms with van der Waals surface area (Å²) >= 11 is 0. The number of nitrogens with one attached hydrogen (secondary N) is 1. The molecule has 3 atom stereocenters. The zero-order valence-electron chi connectivity index (χ0n) is 12.0. The third kappa shape index (κ3) is 4.08. The molecule has 0 radical (unpaired) electrons. The van der Waals surface area contributed by atoms with Crippen molar-refractivity contribution >= 4 is 0 Å². The predicted molar refractivity (Wildman–Crippen MR) is 72.7 cm³/mol. The number of hydrogen-bond acceptors (Lipinski definition) is 1. The molecule has 1 fully saturated rings. The van der Waals surface area contributed by atoms with Crippen molar-refractivity contribution in [3.63, 3.8) is 0 Å². The third-order valence-electron chi connectivity index (χ3n) is 4.47. The van der Waals surface area contributed by atoms with Crippen LogP contribution in [0.25, 0.3) is 0 Å². The highest BCUT2D eigenvalue weighted by molar-refractivity contribution is 4.82. The highest BCUT2D eigenvalue weighted by Gasteiger charge is 2.29. The molecule has 0 aromatic carbocycles. The fourth-order valence-corrected chi connectivity index (χ4v) is 3.19. The summed E-state index contributed by atoms with van der Waals surface area (Å²) in [5.74, 6) is 1.85. The number of hydrogen-bond donors (Lipinski definition) is 1. The van der Waals surface area contributed by atoms with E-state index in [0.717, 1.165) is 18.4 Å². The minimum atomic E-state index is 0.510. The molecule has 1 nitrogen and oxygen atoms in total. The Bertz CT molecular complexity index is 192. The van der Waals surface area contributed by atoms with Crippen LogP contribution in [0.4, 0.5) is 0 Å². The lowest BCUT2D eigenvalue weighted by atomic mass is 9.76. The van der Waals surface area contributed by atoms with Gasteiger partial charge in [0, 0.05) is 6.04 Å². The summed E-state index contributed by atoms with van der Waals surface area (Å²) in [6.45, 7) is 12.9. The van der Waals surface area contributed by atoms with Gasteiger partial charge in [-0.15, -0.1) is 0 Å². The Balaban J connectivity index is 2.46. The Hall–Kier alpha value is -0.0400. The summed E-state index contributed by atoms with van der Waals surface area (Å²) in [5.41, 5.74) is 0.510. The van der Waals surface area contributed by atoms with E-state index < -0.39 is 0 Å². The van der Waals surface area contributed by atoms with Crippen molar-refractivity contribution in [2.45, 2.75) is 72.8 Å². The van der Waals surface area contributed by atoms with Gasteiger partial charge in [-0.25, -0.2) is 0 Å². The molecule has 96 valence electrons. The standard InChI is InChI=1S/C15H31N/c1-6-16-12(2)13-8-7-9-14(11-10-13)15(3,4)5/h12-14,16H,6-11H2,1-5H3. The lowest BCUT2D eigenvalue weighted by molar-refractivity contribution is 0.210. The second-order valence-electron chi connectivity index (χ2n) is 6.68. The van der Waals surface area contributed by atoms with Gasteiger partial charge in [-0.3, -0.25) is 0 Å². The van der Waals surface area contributed by atoms with E-state index in [2.05, 4.69) is 39.9 Å². The van der Waals surface area contributed by atoms with Crippen molar-refractivity contribution in [1.82, 2.24) is 5.32 Å². The maximum Gasteiger partial charge on any atom is 0.00668 e. The molecule has 0 heterocycles. The van der Waals surface area contributed by atoms with Crippen LogP contribution in [0.15, 0.2) is 0 Å². The van der Waals surface area contributed by atoms with E-state index in [9.17, 15) is 0 Å². The van der Waals surface area contributed by atoms with Crippen molar-refractivity contribution in [2.75, 3.05) is 6.54 Å². The Morgan fingerprint density at radius 1 is 1.12 bits per heavy atom. The van der Waals surface area contributed by atoms with Crippen LogP contribution < -0.4 is 5.32 Å². The van der Waals surface area contributed by atoms with Gasteiger partial charge in [-0.1, -0.05) is 34.1 Å². The van der Waals surface area contributed by atoms with Gasteiger partial charge in [-0.2, -0.15) is 0 Å². The summed E-state index contributed by atoms with van der Waals surface area (Å²) in [6, 6.07) is 0.712. The second-order valence-corrected chi connectivity index (χ2v) is 6.68. The molecule has 0 amide bonds. The van der Waals surface area contributed by atoms with Crippen LogP contribution in [-0.2, 0) is 0 Å². The van der Waals surface area contributed by atoms with Crippen molar-refractivity contribution in [1.29, 1.82) is 0 Å². The minimum absolute atomic E-state index is 0.510. The van der Waals surface area contributed by atoms with Gasteiger partial charge in [0.1, 0.15) is 0 Å². The molecule has 0 bridgehead atoms. The van der Waals surface area contributed by atoms with Crippen molar-refractivity contribution in [2.24, 2.45) is 17.3 Å². The second kappa shape index (κ2) is 6.05. The molecule has 16 heavy (non-hydrogen) atoms. The highest BCUT2D eigenvalue weighted by Crippen LogP contribution is 2.38. The molecule has 0 saturated heterocycles. The monoisotopic (exact) mass is 225 g/mol. The molecule has 1 aliphatic rings. The summed E-state index contributed by atoms with van der Waals surface area (Å²) in [4.78, 5) is 0. The largest absolute Gasteiger partial charge is 0.314 e. The minimum Gasteiger partial charge on any atom is -0.314 e. The first-order chi connectivity index (χ1) is 7.45. The Morgan fingerprint density at radius 3 is 2.38 bits per heavy atom. The van der Waals surface area contributed by atoms with E-state index in [-0.39, 0.29) is 0 Å². The molecule has 3 unspecified atom stereocenters. The fraction of sp³-hybridized carbons (Fsp3) is 1.00. The SMILES string of the molecule is CCNC(C)C1CCCC(C(C)(C)C)CC1. The third-order valence-corrected chi connectivity index (χ3v) is 4.47. The van der Waals surface area contributed by atoms with Crippen LogP contribution in [0.5, 0.6) is 0 Å². The van der Waals surface area contributed by atoms with E-state index in [1.165, 1.54) is 32.1 Å². The van der Waals surface area contributed by atoms with Crippen LogP contribution in [0, 0.1) is 17.3 Å². The van der Waals surface area contributed by atoms with E-state index in [0.29, 0.717) is 11.5 Å². The zero-order valence-corrected chi connectivity index (χ0v) is 12.0. The summed E-state index contributed by atoms with van der Waals surface area (Å²) in [6.07, 6.45) is 7.17. The van der Waals surface area contributed by atoms with E-state index >= 15 is 0 Å². The zero-order chi connectivity index (χ0) is 12.2. The summed E-state index contributed by atoms with van der Waals surface area (Å²) < 4.78 is 0. The van der Waals surface area contributed by atoms with E-state index in [4.69, 9.17) is 0 Å². The molecule has 1 saturated carbocycles. The van der Waals surface area contributed by atoms with Gasteiger partial charge >= 0.3 is 0 Å². The maximum atomic E-state index is 3.60. The fourth-order valence-electron chi connectivity index (χ4n) is 3.19. The van der Waals surface area contributed by atoms with Gasteiger partial charge < -0.3 is 5.32 Å². The normalized spacial score (nSPS) is 29.8. The van der Waals surface area contributed by atoms with E-state index in [1.54, 1.807) is 0 Å². The van der Waals surface area contributed by atoms with Crippen molar-refractivity contribution in [3.05, 3.63) is 0 Å². The summed E-state index contributed by atoms with van der Waals surface area (Å²) in [7, 11) is 0. The maximum absolute atomic E-state index is 3.60. The number of rotatable bonds is 3. The van der Waals surface area contributed by atoms with Crippen LogP contribution in [0.3, 0.4) is 0 Å². The lowest BCUT2D eigenvalue weighted by Gasteiger charge is -2.30. The Labute approximate surface area is 102 Å². The first kappa shape index (κ1) is 14.0. The lowest BCUT2D eigenvalue weighted by Crippen LogP contribution is -2.33. The van der Waals surface area contributed by atoms with Gasteiger partial charge in [-0.05, 0) is 56.4 Å². The quantitative estimate of drug-likeness (QED) is 0.709. The molecule has 1 heteroatoms. The smallest absolute Gasteiger partial charge is 0.00668 e. The Morgan fingerprint density at radius 2 is 1.81 bits per heavy atom.